The molecule has 0 aliphatic heterocycles. The summed E-state index contributed by atoms with van der Waals surface area (Å²) in [5.41, 5.74) is 0. The molecule has 0 saturated heterocycles. The van der Waals surface area contributed by atoms with E-state index in [2.05, 4.69) is 31.1 Å². The summed E-state index contributed by atoms with van der Waals surface area (Å²) in [5, 5.41) is 3.32. The Labute approximate surface area is 71.0 Å². The highest BCUT2D eigenvalue weighted by molar-refractivity contribution is 4.50. The molecule has 0 spiro atoms. The van der Waals surface area contributed by atoms with Crippen LogP contribution in [-0.4, -0.2) is 38.1 Å². The summed E-state index contributed by atoms with van der Waals surface area (Å²) < 4.78 is 0. The van der Waals surface area contributed by atoms with Crippen LogP contribution in [-0.2, 0) is 0 Å². The Bertz CT molecular complexity index is 74.0. The topological polar surface area (TPSA) is 15.3 Å². The van der Waals surface area contributed by atoms with Gasteiger partial charge in [-0.05, 0) is 46.1 Å². The summed E-state index contributed by atoms with van der Waals surface area (Å²) in [7, 11) is 2.17. The molecule has 0 aromatic heterocycles. The Morgan fingerprint density at radius 1 is 1.18 bits per heavy atom. The van der Waals surface area contributed by atoms with E-state index in [1.165, 1.54) is 32.5 Å². The molecule has 0 atom stereocenters. The van der Waals surface area contributed by atoms with Crippen molar-refractivity contribution in [3.05, 3.63) is 0 Å². The van der Waals surface area contributed by atoms with Crippen molar-refractivity contribution >= 4 is 0 Å². The van der Waals surface area contributed by atoms with Crippen molar-refractivity contribution in [2.45, 2.75) is 26.7 Å². The molecule has 0 aromatic carbocycles. The van der Waals surface area contributed by atoms with Gasteiger partial charge in [-0.3, -0.25) is 0 Å². The van der Waals surface area contributed by atoms with Gasteiger partial charge in [0.05, 0.1) is 0 Å². The maximum atomic E-state index is 3.32. The Morgan fingerprint density at radius 2 is 1.91 bits per heavy atom. The van der Waals surface area contributed by atoms with E-state index in [4.69, 9.17) is 0 Å². The molecule has 0 fully saturated rings. The second kappa shape index (κ2) is 8.02. The van der Waals surface area contributed by atoms with Crippen molar-refractivity contribution in [1.29, 1.82) is 0 Å². The van der Waals surface area contributed by atoms with Gasteiger partial charge in [-0.25, -0.2) is 0 Å². The van der Waals surface area contributed by atoms with Gasteiger partial charge in [0.2, 0.25) is 0 Å². The third kappa shape index (κ3) is 7.82. The van der Waals surface area contributed by atoms with E-state index in [1.54, 1.807) is 0 Å². The zero-order valence-corrected chi connectivity index (χ0v) is 8.19. The van der Waals surface area contributed by atoms with Gasteiger partial charge >= 0.3 is 0 Å². The minimum Gasteiger partial charge on any atom is -0.317 e. The number of hydrogen-bond donors (Lipinski definition) is 1. The predicted octanol–water partition coefficient (Wildman–Crippen LogP) is 1.33. The zero-order chi connectivity index (χ0) is 8.53. The lowest BCUT2D eigenvalue weighted by Crippen LogP contribution is -2.20. The fourth-order valence-electron chi connectivity index (χ4n) is 0.967. The van der Waals surface area contributed by atoms with Gasteiger partial charge in [-0.1, -0.05) is 13.8 Å². The molecule has 2 nitrogen and oxygen atoms in total. The van der Waals surface area contributed by atoms with Crippen molar-refractivity contribution in [1.82, 2.24) is 10.2 Å². The van der Waals surface area contributed by atoms with E-state index in [9.17, 15) is 0 Å². The van der Waals surface area contributed by atoms with E-state index in [0.717, 1.165) is 6.54 Å². The van der Waals surface area contributed by atoms with E-state index < -0.39 is 0 Å². The largest absolute Gasteiger partial charge is 0.317 e. The van der Waals surface area contributed by atoms with Gasteiger partial charge < -0.3 is 10.2 Å². The first-order valence-electron chi connectivity index (χ1n) is 4.70. The molecule has 0 aliphatic rings. The summed E-state index contributed by atoms with van der Waals surface area (Å²) in [6, 6.07) is 0. The molecule has 11 heavy (non-hydrogen) atoms. The van der Waals surface area contributed by atoms with Gasteiger partial charge in [-0.15, -0.1) is 0 Å². The summed E-state index contributed by atoms with van der Waals surface area (Å²) in [4.78, 5) is 2.35. The second-order valence-electron chi connectivity index (χ2n) is 2.96. The minimum absolute atomic E-state index is 1.10. The highest BCUT2D eigenvalue weighted by Gasteiger charge is 1.92. The molecule has 0 rings (SSSR count). The molecule has 0 radical (unpaired) electrons. The number of rotatable bonds is 7. The first-order valence-corrected chi connectivity index (χ1v) is 4.70. The molecular weight excluding hydrogens is 136 g/mol. The Kier molecular flexibility index (Phi) is 7.96. The van der Waals surface area contributed by atoms with Crippen LogP contribution in [0.2, 0.25) is 0 Å². The van der Waals surface area contributed by atoms with Crippen LogP contribution in [0, 0.1) is 0 Å². The van der Waals surface area contributed by atoms with E-state index in [-0.39, 0.29) is 0 Å². The Morgan fingerprint density at radius 3 is 2.45 bits per heavy atom. The van der Waals surface area contributed by atoms with E-state index in [0.29, 0.717) is 0 Å². The van der Waals surface area contributed by atoms with Crippen LogP contribution in [0.3, 0.4) is 0 Å². The normalized spacial score (nSPS) is 10.9. The lowest BCUT2D eigenvalue weighted by atomic mass is 10.3. The summed E-state index contributed by atoms with van der Waals surface area (Å²) in [5.74, 6) is 0. The fourth-order valence-corrected chi connectivity index (χ4v) is 0.967. The van der Waals surface area contributed by atoms with E-state index >= 15 is 0 Å². The van der Waals surface area contributed by atoms with Gasteiger partial charge in [0.15, 0.2) is 0 Å². The fraction of sp³-hybridized carbons (Fsp3) is 1.00. The molecule has 2 heteroatoms. The first-order chi connectivity index (χ1) is 5.31. The lowest BCUT2D eigenvalue weighted by Gasteiger charge is -2.12. The van der Waals surface area contributed by atoms with Crippen LogP contribution < -0.4 is 5.32 Å². The molecule has 0 bridgehead atoms. The minimum atomic E-state index is 1.10. The third-order valence-electron chi connectivity index (χ3n) is 1.93. The van der Waals surface area contributed by atoms with Crippen LogP contribution in [0.5, 0.6) is 0 Å². The standard InChI is InChI=1S/C9H22N2/c1-4-10-8-6-7-9-11(3)5-2/h10H,4-9H2,1-3H3. The number of nitrogens with one attached hydrogen (secondary N) is 1. The Balaban J connectivity index is 2.89. The van der Waals surface area contributed by atoms with Crippen LogP contribution in [0.1, 0.15) is 26.7 Å². The van der Waals surface area contributed by atoms with Gasteiger partial charge in [-0.2, -0.15) is 0 Å². The lowest BCUT2D eigenvalue weighted by molar-refractivity contribution is 0.342. The highest BCUT2D eigenvalue weighted by Crippen LogP contribution is 1.90. The van der Waals surface area contributed by atoms with Crippen LogP contribution >= 0.6 is 0 Å². The highest BCUT2D eigenvalue weighted by atomic mass is 15.1. The summed E-state index contributed by atoms with van der Waals surface area (Å²) >= 11 is 0. The van der Waals surface area contributed by atoms with Crippen LogP contribution in [0.15, 0.2) is 0 Å². The van der Waals surface area contributed by atoms with Crippen molar-refractivity contribution in [2.24, 2.45) is 0 Å². The number of unbranched alkanes of at least 4 members (excludes halogenated alkanes) is 1. The van der Waals surface area contributed by atoms with Gasteiger partial charge in [0, 0.05) is 0 Å². The smallest absolute Gasteiger partial charge is 0.00214 e. The van der Waals surface area contributed by atoms with Gasteiger partial charge in [0.1, 0.15) is 0 Å². The number of nitrogens with zero attached hydrogens (tertiary/aromatic N) is 1. The van der Waals surface area contributed by atoms with Crippen molar-refractivity contribution in [3.63, 3.8) is 0 Å². The Hall–Kier alpha value is -0.0800. The maximum Gasteiger partial charge on any atom is -0.00214 e. The van der Waals surface area contributed by atoms with Crippen LogP contribution in [0.4, 0.5) is 0 Å². The average molecular weight is 158 g/mol. The molecule has 0 saturated carbocycles. The van der Waals surface area contributed by atoms with E-state index in [1.807, 2.05) is 0 Å². The quantitative estimate of drug-likeness (QED) is 0.562. The third-order valence-corrected chi connectivity index (χ3v) is 1.93. The SMILES string of the molecule is CCNCCCCN(C)CC. The van der Waals surface area contributed by atoms with Crippen molar-refractivity contribution in [2.75, 3.05) is 33.2 Å². The van der Waals surface area contributed by atoms with Crippen molar-refractivity contribution in [3.8, 4) is 0 Å². The summed E-state index contributed by atoms with van der Waals surface area (Å²) in [6.07, 6.45) is 2.62. The predicted molar refractivity (Wildman–Crippen MR) is 50.9 cm³/mol. The molecule has 0 heterocycles. The van der Waals surface area contributed by atoms with Gasteiger partial charge in [0.25, 0.3) is 0 Å². The average Bonchev–Trinajstić information content (AvgIpc) is 2.04. The molecule has 0 aromatic rings. The van der Waals surface area contributed by atoms with Crippen molar-refractivity contribution < 1.29 is 0 Å². The molecule has 0 amide bonds. The zero-order valence-electron chi connectivity index (χ0n) is 8.19. The molecule has 1 N–H and O–H groups in total. The molecule has 0 aliphatic carbocycles. The number of hydrogen-bond acceptors (Lipinski definition) is 2. The van der Waals surface area contributed by atoms with Crippen LogP contribution in [0.25, 0.3) is 0 Å². The second-order valence-corrected chi connectivity index (χ2v) is 2.96. The first kappa shape index (κ1) is 10.9. The molecule has 68 valence electrons. The summed E-state index contributed by atoms with van der Waals surface area (Å²) in [6.45, 7) is 9.03. The molecular formula is C9H22N2. The maximum absolute atomic E-state index is 3.32. The monoisotopic (exact) mass is 158 g/mol. The molecule has 0 unspecified atom stereocenters.